The van der Waals surface area contributed by atoms with E-state index >= 15 is 0 Å². The molecule has 3 aromatic heterocycles. The Morgan fingerprint density at radius 3 is 2.54 bits per heavy atom. The number of nitrogens with zero attached hydrogens (tertiary/aromatic N) is 8. The molecule has 0 aliphatic carbocycles. The lowest BCUT2D eigenvalue weighted by molar-refractivity contribution is 0.415. The number of tetrazole rings is 1. The number of ether oxygens (including phenoxy) is 1. The lowest BCUT2D eigenvalue weighted by atomic mass is 10.2. The Bertz CT molecular complexity index is 1040. The number of hydrogen-bond acceptors (Lipinski definition) is 8. The van der Waals surface area contributed by atoms with Crippen LogP contribution in [0, 0.1) is 0 Å². The number of hydrogen-bond donors (Lipinski definition) is 0. The number of aromatic nitrogens is 8. The van der Waals surface area contributed by atoms with E-state index in [9.17, 15) is 0 Å². The second kappa shape index (κ2) is 6.71. The molecule has 0 radical (unpaired) electrons. The highest BCUT2D eigenvalue weighted by Gasteiger charge is 2.18. The van der Waals surface area contributed by atoms with Crippen LogP contribution in [0.5, 0.6) is 5.75 Å². The highest BCUT2D eigenvalue weighted by Crippen LogP contribution is 2.31. The highest BCUT2D eigenvalue weighted by atomic mass is 32.2. The minimum Gasteiger partial charge on any atom is -0.497 e. The third-order valence-electron chi connectivity index (χ3n) is 3.77. The van der Waals surface area contributed by atoms with Crippen molar-refractivity contribution in [3.8, 4) is 17.1 Å². The third kappa shape index (κ3) is 2.99. The maximum Gasteiger partial charge on any atom is 0.200 e. The van der Waals surface area contributed by atoms with Crippen molar-refractivity contribution in [3.05, 3.63) is 36.4 Å². The van der Waals surface area contributed by atoms with Crippen molar-refractivity contribution in [2.75, 3.05) is 7.11 Å². The molecule has 0 amide bonds. The molecule has 26 heavy (non-hydrogen) atoms. The zero-order valence-electron chi connectivity index (χ0n) is 14.4. The molecule has 0 saturated heterocycles. The van der Waals surface area contributed by atoms with Crippen LogP contribution in [0.2, 0.25) is 0 Å². The molecule has 132 valence electrons. The first-order valence-electron chi connectivity index (χ1n) is 7.98. The van der Waals surface area contributed by atoms with Gasteiger partial charge in [0, 0.05) is 11.6 Å². The monoisotopic (exact) mass is 368 g/mol. The van der Waals surface area contributed by atoms with E-state index in [-0.39, 0.29) is 6.04 Å². The molecule has 0 aliphatic heterocycles. The molecule has 4 aromatic rings. The number of rotatable bonds is 5. The van der Waals surface area contributed by atoms with Crippen LogP contribution >= 0.6 is 11.8 Å². The van der Waals surface area contributed by atoms with E-state index in [0.29, 0.717) is 5.65 Å². The van der Waals surface area contributed by atoms with Gasteiger partial charge in [-0.2, -0.15) is 0 Å². The first-order chi connectivity index (χ1) is 12.7. The molecule has 0 atom stereocenters. The Hall–Kier alpha value is -3.01. The van der Waals surface area contributed by atoms with E-state index in [1.54, 1.807) is 7.11 Å². The first kappa shape index (κ1) is 16.5. The predicted octanol–water partition coefficient (Wildman–Crippen LogP) is 2.52. The van der Waals surface area contributed by atoms with Gasteiger partial charge in [0.25, 0.3) is 0 Å². The molecule has 9 nitrogen and oxygen atoms in total. The Morgan fingerprint density at radius 2 is 1.81 bits per heavy atom. The highest BCUT2D eigenvalue weighted by molar-refractivity contribution is 7.99. The van der Waals surface area contributed by atoms with E-state index in [1.165, 1.54) is 16.4 Å². The zero-order chi connectivity index (χ0) is 18.1. The van der Waals surface area contributed by atoms with Crippen LogP contribution in [0.3, 0.4) is 0 Å². The summed E-state index contributed by atoms with van der Waals surface area (Å²) in [6.07, 6.45) is 0. The summed E-state index contributed by atoms with van der Waals surface area (Å²) in [5.41, 5.74) is 1.57. The molecule has 10 heteroatoms. The third-order valence-corrected chi connectivity index (χ3v) is 4.66. The lowest BCUT2D eigenvalue weighted by Crippen LogP contribution is -2.05. The first-order valence-corrected chi connectivity index (χ1v) is 8.80. The van der Waals surface area contributed by atoms with Gasteiger partial charge in [-0.05, 0) is 72.4 Å². The average Bonchev–Trinajstić information content (AvgIpc) is 3.28. The largest absolute Gasteiger partial charge is 0.497 e. The van der Waals surface area contributed by atoms with Crippen molar-refractivity contribution in [2.45, 2.75) is 30.1 Å². The minimum absolute atomic E-state index is 0.182. The molecule has 0 saturated carbocycles. The molecule has 4 rings (SSSR count). The van der Waals surface area contributed by atoms with Crippen LogP contribution in [0.1, 0.15) is 19.9 Å². The summed E-state index contributed by atoms with van der Waals surface area (Å²) >= 11 is 1.42. The fraction of sp³-hybridized carbons (Fsp3) is 0.250. The average molecular weight is 368 g/mol. The Kier molecular flexibility index (Phi) is 4.25. The van der Waals surface area contributed by atoms with Crippen LogP contribution < -0.4 is 4.74 Å². The van der Waals surface area contributed by atoms with Crippen LogP contribution in [-0.4, -0.2) is 47.1 Å². The normalized spacial score (nSPS) is 11.4. The fourth-order valence-electron chi connectivity index (χ4n) is 2.53. The van der Waals surface area contributed by atoms with Crippen molar-refractivity contribution in [1.82, 2.24) is 40.0 Å². The van der Waals surface area contributed by atoms with Gasteiger partial charge in [-0.3, -0.25) is 4.57 Å². The van der Waals surface area contributed by atoms with E-state index in [1.807, 2.05) is 36.4 Å². The predicted molar refractivity (Wildman–Crippen MR) is 95.1 cm³/mol. The molecule has 0 aliphatic rings. The van der Waals surface area contributed by atoms with Gasteiger partial charge in [-0.15, -0.1) is 25.0 Å². The van der Waals surface area contributed by atoms with Crippen LogP contribution in [-0.2, 0) is 0 Å². The maximum absolute atomic E-state index is 5.22. The molecule has 0 bridgehead atoms. The van der Waals surface area contributed by atoms with Gasteiger partial charge < -0.3 is 4.74 Å². The smallest absolute Gasteiger partial charge is 0.200 e. The number of fused-ring (bicyclic) bond motifs is 1. The summed E-state index contributed by atoms with van der Waals surface area (Å²) in [6, 6.07) is 11.6. The second-order valence-electron chi connectivity index (χ2n) is 5.80. The summed E-state index contributed by atoms with van der Waals surface area (Å²) in [4.78, 5) is 0. The Balaban J connectivity index is 1.70. The van der Waals surface area contributed by atoms with E-state index in [2.05, 4.69) is 49.2 Å². The van der Waals surface area contributed by atoms with Crippen LogP contribution in [0.4, 0.5) is 0 Å². The summed E-state index contributed by atoms with van der Waals surface area (Å²) in [7, 11) is 1.65. The number of methoxy groups -OCH3 is 1. The van der Waals surface area contributed by atoms with Crippen LogP contribution in [0.25, 0.3) is 17.0 Å². The van der Waals surface area contributed by atoms with E-state index in [0.717, 1.165) is 27.3 Å². The van der Waals surface area contributed by atoms with Gasteiger partial charge in [-0.25, -0.2) is 0 Å². The second-order valence-corrected chi connectivity index (χ2v) is 6.79. The maximum atomic E-state index is 5.22. The molecular formula is C16H16N8OS. The van der Waals surface area contributed by atoms with Gasteiger partial charge in [0.2, 0.25) is 0 Å². The minimum atomic E-state index is 0.182. The lowest BCUT2D eigenvalue weighted by Gasteiger charge is -2.13. The summed E-state index contributed by atoms with van der Waals surface area (Å²) in [5.74, 6) is 1.60. The van der Waals surface area contributed by atoms with Gasteiger partial charge in [0.1, 0.15) is 10.8 Å². The Morgan fingerprint density at radius 1 is 1.00 bits per heavy atom. The summed E-state index contributed by atoms with van der Waals surface area (Å²) in [6.45, 7) is 4.19. The molecule has 0 N–H and O–H groups in total. The summed E-state index contributed by atoms with van der Waals surface area (Å²) < 4.78 is 8.69. The quantitative estimate of drug-likeness (QED) is 0.530. The van der Waals surface area contributed by atoms with E-state index < -0.39 is 0 Å². The SMILES string of the molecule is COc1ccc(-c2nnc(Sc3ccc4nnnn4n3)n2C(C)C)cc1. The number of benzene rings is 1. The van der Waals surface area contributed by atoms with Gasteiger partial charge in [0.15, 0.2) is 16.6 Å². The van der Waals surface area contributed by atoms with Gasteiger partial charge in [0.05, 0.1) is 7.11 Å². The van der Waals surface area contributed by atoms with Crippen molar-refractivity contribution >= 4 is 17.4 Å². The fourth-order valence-corrected chi connectivity index (χ4v) is 3.45. The standard InChI is InChI=1S/C16H16N8OS/c1-10(2)23-15(11-4-6-12(25-3)7-5-11)18-19-16(23)26-14-9-8-13-17-21-22-24(13)20-14/h4-10H,1-3H3. The van der Waals surface area contributed by atoms with Crippen LogP contribution in [0.15, 0.2) is 46.6 Å². The molecule has 0 spiro atoms. The molecular weight excluding hydrogens is 352 g/mol. The van der Waals surface area contributed by atoms with Crippen molar-refractivity contribution < 1.29 is 4.74 Å². The van der Waals surface area contributed by atoms with Crippen molar-refractivity contribution in [1.29, 1.82) is 0 Å². The van der Waals surface area contributed by atoms with Crippen molar-refractivity contribution in [3.63, 3.8) is 0 Å². The van der Waals surface area contributed by atoms with E-state index in [4.69, 9.17) is 4.74 Å². The van der Waals surface area contributed by atoms with Gasteiger partial charge >= 0.3 is 0 Å². The topological polar surface area (TPSA) is 95.9 Å². The molecule has 3 heterocycles. The molecule has 1 aromatic carbocycles. The molecule has 0 unspecified atom stereocenters. The molecule has 0 fully saturated rings. The Labute approximate surface area is 153 Å². The summed E-state index contributed by atoms with van der Waals surface area (Å²) in [5, 5.41) is 25.9. The van der Waals surface area contributed by atoms with Gasteiger partial charge in [-0.1, -0.05) is 0 Å². The van der Waals surface area contributed by atoms with Crippen molar-refractivity contribution in [2.24, 2.45) is 0 Å². The zero-order valence-corrected chi connectivity index (χ0v) is 15.3.